The molecule has 0 aliphatic rings. The summed E-state index contributed by atoms with van der Waals surface area (Å²) in [4.78, 5) is 15.5. The number of alkyl halides is 3. The summed E-state index contributed by atoms with van der Waals surface area (Å²) in [6.45, 7) is 1.18. The number of ether oxygens (including phenoxy) is 1. The summed E-state index contributed by atoms with van der Waals surface area (Å²) < 4.78 is 50.8. The molecule has 0 aliphatic heterocycles. The van der Waals surface area contributed by atoms with Crippen LogP contribution in [0.5, 0.6) is 5.75 Å². The maximum Gasteiger partial charge on any atom is 0.450 e. The molecule has 4 nitrogen and oxygen atoms in total. The average Bonchev–Trinajstić information content (AvgIpc) is 2.99. The van der Waals surface area contributed by atoms with Crippen LogP contribution in [-0.2, 0) is 11.0 Å². The molecule has 134 valence electrons. The summed E-state index contributed by atoms with van der Waals surface area (Å²) in [7, 11) is 1.48. The molecule has 0 saturated heterocycles. The Labute approximate surface area is 146 Å². The van der Waals surface area contributed by atoms with Gasteiger partial charge in [-0.1, -0.05) is 18.2 Å². The highest BCUT2D eigenvalue weighted by molar-refractivity contribution is 6.22. The fourth-order valence-corrected chi connectivity index (χ4v) is 2.65. The summed E-state index contributed by atoms with van der Waals surface area (Å²) in [6, 6.07) is 12.4. The minimum absolute atomic E-state index is 0.0691. The molecule has 2 aromatic carbocycles. The topological polar surface area (TPSA) is 51.8 Å². The van der Waals surface area contributed by atoms with E-state index in [1.807, 2.05) is 0 Å². The van der Waals surface area contributed by atoms with Gasteiger partial charge < -0.3 is 9.15 Å². The van der Waals surface area contributed by atoms with E-state index >= 15 is 0 Å². The van der Waals surface area contributed by atoms with Crippen molar-refractivity contribution in [3.8, 4) is 5.75 Å². The van der Waals surface area contributed by atoms with Gasteiger partial charge in [0.2, 0.25) is 11.7 Å². The monoisotopic (exact) mass is 361 g/mol. The lowest BCUT2D eigenvalue weighted by molar-refractivity contribution is -0.152. The molecule has 0 atom stereocenters. The third kappa shape index (κ3) is 3.33. The number of carbonyl (C=O) groups is 1. The number of fused-ring (bicyclic) bond motifs is 1. The number of aliphatic imine (C=N–C) groups is 1. The molecule has 1 aromatic heterocycles. The van der Waals surface area contributed by atoms with Gasteiger partial charge in [-0.2, -0.15) is 13.2 Å². The van der Waals surface area contributed by atoms with Crippen LogP contribution in [0.25, 0.3) is 11.0 Å². The highest BCUT2D eigenvalue weighted by Gasteiger charge is 2.40. The zero-order valence-electron chi connectivity index (χ0n) is 13.9. The Bertz CT molecular complexity index is 985. The van der Waals surface area contributed by atoms with Crippen LogP contribution in [-0.4, -0.2) is 18.7 Å². The number of halogens is 3. The van der Waals surface area contributed by atoms with Gasteiger partial charge in [-0.05, 0) is 30.3 Å². The molecule has 26 heavy (non-hydrogen) atoms. The summed E-state index contributed by atoms with van der Waals surface area (Å²) >= 11 is 0. The number of para-hydroxylation sites is 1. The van der Waals surface area contributed by atoms with E-state index in [1.165, 1.54) is 26.2 Å². The second-order valence-electron chi connectivity index (χ2n) is 5.51. The van der Waals surface area contributed by atoms with Crippen molar-refractivity contribution in [2.75, 3.05) is 7.11 Å². The van der Waals surface area contributed by atoms with Gasteiger partial charge in [0, 0.05) is 17.9 Å². The molecule has 0 radical (unpaired) electrons. The first-order valence-electron chi connectivity index (χ1n) is 7.64. The molecule has 3 rings (SSSR count). The third-order valence-electron chi connectivity index (χ3n) is 3.72. The predicted molar refractivity (Wildman–Crippen MR) is 90.5 cm³/mol. The lowest BCUT2D eigenvalue weighted by atomic mass is 9.98. The number of benzene rings is 2. The SMILES string of the molecule is COc1ccc(C(=NC(C)=O)c2c(C(F)(F)F)oc3ccccc23)cc1. The first kappa shape index (κ1) is 17.7. The van der Waals surface area contributed by atoms with Crippen LogP contribution in [0, 0.1) is 0 Å². The number of methoxy groups -OCH3 is 1. The molecular formula is C19H14F3NO3. The van der Waals surface area contributed by atoms with Gasteiger partial charge in [0.05, 0.1) is 18.4 Å². The Morgan fingerprint density at radius 3 is 2.31 bits per heavy atom. The molecule has 0 fully saturated rings. The van der Waals surface area contributed by atoms with Crippen molar-refractivity contribution >= 4 is 22.6 Å². The van der Waals surface area contributed by atoms with Gasteiger partial charge in [0.1, 0.15) is 11.3 Å². The van der Waals surface area contributed by atoms with Crippen molar-refractivity contribution in [2.24, 2.45) is 4.99 Å². The minimum Gasteiger partial charge on any atom is -0.497 e. The van der Waals surface area contributed by atoms with Crippen LogP contribution in [0.15, 0.2) is 57.9 Å². The van der Waals surface area contributed by atoms with Gasteiger partial charge in [-0.15, -0.1) is 0 Å². The fourth-order valence-electron chi connectivity index (χ4n) is 2.65. The summed E-state index contributed by atoms with van der Waals surface area (Å²) in [5.41, 5.74) is 0.0588. The normalized spacial score (nSPS) is 12.4. The van der Waals surface area contributed by atoms with Crippen LogP contribution in [0.4, 0.5) is 13.2 Å². The number of furan rings is 1. The smallest absolute Gasteiger partial charge is 0.450 e. The second-order valence-corrected chi connectivity index (χ2v) is 5.51. The number of carbonyl (C=O) groups excluding carboxylic acids is 1. The average molecular weight is 361 g/mol. The van der Waals surface area contributed by atoms with Crippen LogP contribution in [0.3, 0.4) is 0 Å². The van der Waals surface area contributed by atoms with Gasteiger partial charge in [0.25, 0.3) is 0 Å². The molecule has 0 aliphatic carbocycles. The number of amides is 1. The molecular weight excluding hydrogens is 347 g/mol. The van der Waals surface area contributed by atoms with Gasteiger partial charge in [0.15, 0.2) is 0 Å². The maximum atomic E-state index is 13.6. The highest BCUT2D eigenvalue weighted by Crippen LogP contribution is 2.39. The van der Waals surface area contributed by atoms with Crippen molar-refractivity contribution in [1.82, 2.24) is 0 Å². The number of hydrogen-bond donors (Lipinski definition) is 0. The second kappa shape index (κ2) is 6.67. The van der Waals surface area contributed by atoms with Crippen LogP contribution >= 0.6 is 0 Å². The van der Waals surface area contributed by atoms with E-state index < -0.39 is 17.8 Å². The van der Waals surface area contributed by atoms with Crippen molar-refractivity contribution in [3.63, 3.8) is 0 Å². The Morgan fingerprint density at radius 1 is 1.08 bits per heavy atom. The standard InChI is InChI=1S/C19H14F3NO3/c1-11(24)23-17(12-7-9-13(25-2)10-8-12)16-14-5-3-4-6-15(14)26-18(16)19(20,21)22/h3-10H,1-2H3. The third-order valence-corrected chi connectivity index (χ3v) is 3.72. The summed E-state index contributed by atoms with van der Waals surface area (Å²) in [5.74, 6) is -1.27. The highest BCUT2D eigenvalue weighted by atomic mass is 19.4. The lowest BCUT2D eigenvalue weighted by Crippen LogP contribution is -2.13. The quantitative estimate of drug-likeness (QED) is 0.627. The van der Waals surface area contributed by atoms with Crippen LogP contribution < -0.4 is 4.74 Å². The number of rotatable bonds is 3. The Morgan fingerprint density at radius 2 is 1.73 bits per heavy atom. The van der Waals surface area contributed by atoms with Gasteiger partial charge in [-0.3, -0.25) is 4.79 Å². The Kier molecular flexibility index (Phi) is 4.54. The Balaban J connectivity index is 2.32. The summed E-state index contributed by atoms with van der Waals surface area (Å²) in [6.07, 6.45) is -4.74. The van der Waals surface area contributed by atoms with Crippen LogP contribution in [0.2, 0.25) is 0 Å². The minimum atomic E-state index is -4.74. The van der Waals surface area contributed by atoms with Crippen molar-refractivity contribution in [1.29, 1.82) is 0 Å². The molecule has 0 unspecified atom stereocenters. The number of hydrogen-bond acceptors (Lipinski definition) is 3. The van der Waals surface area contributed by atoms with Crippen molar-refractivity contribution in [3.05, 3.63) is 65.4 Å². The van der Waals surface area contributed by atoms with E-state index in [0.29, 0.717) is 11.3 Å². The van der Waals surface area contributed by atoms with E-state index in [1.54, 1.807) is 36.4 Å². The number of nitrogens with zero attached hydrogens (tertiary/aromatic N) is 1. The maximum absolute atomic E-state index is 13.6. The largest absolute Gasteiger partial charge is 0.497 e. The zero-order valence-corrected chi connectivity index (χ0v) is 13.9. The van der Waals surface area contributed by atoms with Crippen molar-refractivity contribution < 1.29 is 27.1 Å². The van der Waals surface area contributed by atoms with Crippen LogP contribution in [0.1, 0.15) is 23.8 Å². The zero-order chi connectivity index (χ0) is 18.9. The molecule has 0 spiro atoms. The predicted octanol–water partition coefficient (Wildman–Crippen LogP) is 4.84. The van der Waals surface area contributed by atoms with E-state index in [0.717, 1.165) is 0 Å². The van der Waals surface area contributed by atoms with E-state index in [-0.39, 0.29) is 22.2 Å². The van der Waals surface area contributed by atoms with E-state index in [2.05, 4.69) is 4.99 Å². The molecule has 3 aromatic rings. The van der Waals surface area contributed by atoms with E-state index in [4.69, 9.17) is 9.15 Å². The fraction of sp³-hybridized carbons (Fsp3) is 0.158. The first-order valence-corrected chi connectivity index (χ1v) is 7.64. The van der Waals surface area contributed by atoms with Crippen molar-refractivity contribution in [2.45, 2.75) is 13.1 Å². The molecule has 0 N–H and O–H groups in total. The summed E-state index contributed by atoms with van der Waals surface area (Å²) in [5, 5.41) is 0.232. The van der Waals surface area contributed by atoms with Gasteiger partial charge >= 0.3 is 6.18 Å². The lowest BCUT2D eigenvalue weighted by Gasteiger charge is -2.10. The Hall–Kier alpha value is -3.09. The van der Waals surface area contributed by atoms with Gasteiger partial charge in [-0.25, -0.2) is 4.99 Å². The molecule has 1 amide bonds. The molecule has 0 saturated carbocycles. The molecule has 1 heterocycles. The molecule has 0 bridgehead atoms. The van der Waals surface area contributed by atoms with E-state index in [9.17, 15) is 18.0 Å². The molecule has 7 heteroatoms. The first-order chi connectivity index (χ1) is 12.3.